The molecule has 2 N–H and O–H groups in total. The highest BCUT2D eigenvalue weighted by atomic mass is 16.6. The maximum Gasteiger partial charge on any atom is 0.357 e. The minimum absolute atomic E-state index is 0.000407. The number of hydrogen-bond acceptors (Lipinski definition) is 8. The highest BCUT2D eigenvalue weighted by Gasteiger charge is 2.48. The molecule has 0 fully saturated rings. The summed E-state index contributed by atoms with van der Waals surface area (Å²) >= 11 is 0. The quantitative estimate of drug-likeness (QED) is 0.529. The summed E-state index contributed by atoms with van der Waals surface area (Å²) < 4.78 is 23.5. The fourth-order valence-corrected chi connectivity index (χ4v) is 6.19. The molecule has 2 aliphatic carbocycles. The molecular weight excluding hydrogens is 500 g/mol. The minimum Gasteiger partial charge on any atom is -0.493 e. The predicted octanol–water partition coefficient (Wildman–Crippen LogP) is 4.20. The van der Waals surface area contributed by atoms with Gasteiger partial charge in [-0.3, -0.25) is 0 Å². The van der Waals surface area contributed by atoms with E-state index in [1.54, 1.807) is 43.5 Å². The Bertz CT molecular complexity index is 1250. The van der Waals surface area contributed by atoms with Gasteiger partial charge in [0.1, 0.15) is 11.9 Å². The van der Waals surface area contributed by atoms with Crippen LogP contribution in [-0.2, 0) is 31.9 Å². The van der Waals surface area contributed by atoms with Gasteiger partial charge in [-0.2, -0.15) is 0 Å². The molecule has 0 saturated carbocycles. The van der Waals surface area contributed by atoms with Crippen molar-refractivity contribution in [3.8, 4) is 11.5 Å². The molecule has 3 aliphatic rings. The van der Waals surface area contributed by atoms with E-state index in [2.05, 4.69) is 13.0 Å². The van der Waals surface area contributed by atoms with Crippen molar-refractivity contribution in [3.63, 3.8) is 0 Å². The lowest BCUT2D eigenvalue weighted by Gasteiger charge is -2.43. The first-order valence-corrected chi connectivity index (χ1v) is 13.6. The van der Waals surface area contributed by atoms with Crippen molar-refractivity contribution in [2.24, 2.45) is 11.8 Å². The highest BCUT2D eigenvalue weighted by molar-refractivity contribution is 5.82. The normalized spacial score (nSPS) is 27.2. The fourth-order valence-electron chi connectivity index (χ4n) is 6.19. The van der Waals surface area contributed by atoms with Gasteiger partial charge in [0.25, 0.3) is 0 Å². The van der Waals surface area contributed by atoms with Crippen molar-refractivity contribution in [2.75, 3.05) is 7.11 Å². The molecule has 39 heavy (non-hydrogen) atoms. The second kappa shape index (κ2) is 11.0. The van der Waals surface area contributed by atoms with E-state index in [9.17, 15) is 19.8 Å². The molecule has 1 unspecified atom stereocenters. The van der Waals surface area contributed by atoms with Gasteiger partial charge in [-0.1, -0.05) is 49.7 Å². The van der Waals surface area contributed by atoms with Crippen molar-refractivity contribution in [1.29, 1.82) is 0 Å². The van der Waals surface area contributed by atoms with Crippen LogP contribution in [0.2, 0.25) is 0 Å². The standard InChI is InChI=1S/C31H36O8/c1-18-8-7-11-22-21-12-13-25(36-3)28(22)37-26-17-31(35,23(18)16-21)15-14-24(26)38-30(34)27(39-29(33)19(2)32)20-9-5-4-6-10-20/h4-6,9-10,12-14,18-19,23,26-27,32,35H,7-8,11,15-17H2,1-3H3/t18?,19-,23-,26+,27-,31-/m0/s1. The first-order chi connectivity index (χ1) is 18.7. The summed E-state index contributed by atoms with van der Waals surface area (Å²) in [6.45, 7) is 3.47. The van der Waals surface area contributed by atoms with Crippen LogP contribution in [0.3, 0.4) is 0 Å². The van der Waals surface area contributed by atoms with Gasteiger partial charge in [0.2, 0.25) is 6.10 Å². The molecule has 1 aliphatic heterocycles. The maximum absolute atomic E-state index is 13.5. The first-order valence-electron chi connectivity index (χ1n) is 13.6. The van der Waals surface area contributed by atoms with Crippen molar-refractivity contribution in [2.45, 2.75) is 76.3 Å². The number of esters is 2. The van der Waals surface area contributed by atoms with Crippen LogP contribution in [0.15, 0.2) is 54.3 Å². The van der Waals surface area contributed by atoms with E-state index in [0.29, 0.717) is 29.4 Å². The topological polar surface area (TPSA) is 112 Å². The number of aliphatic hydroxyl groups excluding tert-OH is 1. The molecule has 6 bridgehead atoms. The summed E-state index contributed by atoms with van der Waals surface area (Å²) in [4.78, 5) is 25.7. The van der Waals surface area contributed by atoms with E-state index in [0.717, 1.165) is 36.8 Å². The Kier molecular flexibility index (Phi) is 7.69. The molecule has 8 heteroatoms. The van der Waals surface area contributed by atoms with Gasteiger partial charge in [-0.25, -0.2) is 9.59 Å². The lowest BCUT2D eigenvalue weighted by atomic mass is 9.67. The van der Waals surface area contributed by atoms with Crippen molar-refractivity contribution >= 4 is 11.9 Å². The number of aliphatic hydroxyl groups is 2. The van der Waals surface area contributed by atoms with Crippen LogP contribution in [0.25, 0.3) is 0 Å². The van der Waals surface area contributed by atoms with Crippen molar-refractivity contribution < 1.29 is 38.7 Å². The summed E-state index contributed by atoms with van der Waals surface area (Å²) in [5.41, 5.74) is 1.58. The van der Waals surface area contributed by atoms with Crippen molar-refractivity contribution in [1.82, 2.24) is 0 Å². The molecule has 5 rings (SSSR count). The Morgan fingerprint density at radius 3 is 2.62 bits per heavy atom. The average Bonchev–Trinajstić information content (AvgIpc) is 2.92. The zero-order chi connectivity index (χ0) is 27.7. The molecule has 0 radical (unpaired) electrons. The SMILES string of the molecule is COc1ccc2c3c1O[C@@H]1C[C@@](O)(CC=C1OC(=O)[C@@H](OC(=O)[C@H](C)O)c1ccccc1)[C@@H](C2)C(C)CCC3. The molecule has 0 amide bonds. The van der Waals surface area contributed by atoms with Gasteiger partial charge >= 0.3 is 11.9 Å². The molecule has 0 saturated heterocycles. The minimum atomic E-state index is -1.41. The largest absolute Gasteiger partial charge is 0.493 e. The summed E-state index contributed by atoms with van der Waals surface area (Å²) in [5.74, 6) is 0.00476. The summed E-state index contributed by atoms with van der Waals surface area (Å²) in [5, 5.41) is 21.7. The predicted molar refractivity (Wildman–Crippen MR) is 142 cm³/mol. The van der Waals surface area contributed by atoms with E-state index < -0.39 is 35.9 Å². The molecule has 2 aromatic rings. The molecule has 8 nitrogen and oxygen atoms in total. The van der Waals surface area contributed by atoms with E-state index >= 15 is 0 Å². The highest BCUT2D eigenvalue weighted by Crippen LogP contribution is 2.48. The Morgan fingerprint density at radius 1 is 1.13 bits per heavy atom. The molecule has 0 spiro atoms. The van der Waals surface area contributed by atoms with E-state index in [1.807, 2.05) is 6.07 Å². The van der Waals surface area contributed by atoms with Crippen LogP contribution in [0, 0.1) is 11.8 Å². The molecular formula is C31H36O8. The van der Waals surface area contributed by atoms with Gasteiger partial charge in [0, 0.05) is 17.5 Å². The lowest BCUT2D eigenvalue weighted by Crippen LogP contribution is -2.48. The zero-order valence-electron chi connectivity index (χ0n) is 22.6. The van der Waals surface area contributed by atoms with E-state index in [-0.39, 0.29) is 18.1 Å². The van der Waals surface area contributed by atoms with E-state index in [1.165, 1.54) is 6.92 Å². The lowest BCUT2D eigenvalue weighted by molar-refractivity contribution is -0.172. The Labute approximate surface area is 228 Å². The monoisotopic (exact) mass is 536 g/mol. The van der Waals surface area contributed by atoms with Gasteiger partial charge in [-0.15, -0.1) is 0 Å². The zero-order valence-corrected chi connectivity index (χ0v) is 22.6. The van der Waals surface area contributed by atoms with Gasteiger partial charge < -0.3 is 29.2 Å². The van der Waals surface area contributed by atoms with Gasteiger partial charge in [0.05, 0.1) is 12.7 Å². The number of methoxy groups -OCH3 is 1. The van der Waals surface area contributed by atoms with Crippen molar-refractivity contribution in [3.05, 3.63) is 71.0 Å². The molecule has 0 aromatic heterocycles. The number of benzene rings is 2. The Morgan fingerprint density at radius 2 is 1.90 bits per heavy atom. The van der Waals surface area contributed by atoms with Crippen LogP contribution < -0.4 is 9.47 Å². The van der Waals surface area contributed by atoms with Crippen LogP contribution in [-0.4, -0.2) is 47.1 Å². The van der Waals surface area contributed by atoms with Crippen LogP contribution in [0.4, 0.5) is 0 Å². The number of fused-ring (bicyclic) bond motifs is 4. The first kappa shape index (κ1) is 27.2. The number of rotatable bonds is 6. The van der Waals surface area contributed by atoms with Crippen LogP contribution in [0.5, 0.6) is 11.5 Å². The second-order valence-electron chi connectivity index (χ2n) is 11.0. The number of carbonyl (C=O) groups excluding carboxylic acids is 2. The average molecular weight is 537 g/mol. The molecule has 1 heterocycles. The molecule has 208 valence electrons. The smallest absolute Gasteiger partial charge is 0.357 e. The van der Waals surface area contributed by atoms with Crippen LogP contribution in [0.1, 0.15) is 62.3 Å². The van der Waals surface area contributed by atoms with E-state index in [4.69, 9.17) is 18.9 Å². The molecule has 2 aromatic carbocycles. The van der Waals surface area contributed by atoms with Crippen LogP contribution >= 0.6 is 0 Å². The van der Waals surface area contributed by atoms with Gasteiger partial charge in [-0.05, 0) is 62.1 Å². The number of hydrogen-bond donors (Lipinski definition) is 2. The van der Waals surface area contributed by atoms with Gasteiger partial charge in [0.15, 0.2) is 17.6 Å². The molecule has 6 atom stereocenters. The second-order valence-corrected chi connectivity index (χ2v) is 11.0. The third-order valence-electron chi connectivity index (χ3n) is 8.33. The number of ether oxygens (including phenoxy) is 4. The Balaban J connectivity index is 1.51. The summed E-state index contributed by atoms with van der Waals surface area (Å²) in [6, 6.07) is 12.5. The number of carbonyl (C=O) groups is 2. The summed E-state index contributed by atoms with van der Waals surface area (Å²) in [7, 11) is 1.59. The third-order valence-corrected chi connectivity index (χ3v) is 8.33. The maximum atomic E-state index is 13.5. The third kappa shape index (κ3) is 5.40. The Hall–Kier alpha value is -3.36. The summed E-state index contributed by atoms with van der Waals surface area (Å²) in [6.07, 6.45) is 2.24. The fraction of sp³-hybridized carbons (Fsp3) is 0.484.